The molecule has 0 spiro atoms. The van der Waals surface area contributed by atoms with Crippen molar-refractivity contribution < 1.29 is 14.2 Å². The second-order valence-electron chi connectivity index (χ2n) is 6.99. The van der Waals surface area contributed by atoms with Crippen molar-refractivity contribution in [2.75, 3.05) is 13.2 Å². The Balaban J connectivity index is 1.60. The number of aromatic nitrogens is 2. The highest BCUT2D eigenvalue weighted by Crippen LogP contribution is 2.33. The van der Waals surface area contributed by atoms with Crippen LogP contribution >= 0.6 is 11.6 Å². The van der Waals surface area contributed by atoms with Crippen molar-refractivity contribution in [1.29, 1.82) is 0 Å². The molecule has 0 amide bonds. The summed E-state index contributed by atoms with van der Waals surface area (Å²) in [5, 5.41) is 15.2. The van der Waals surface area contributed by atoms with Crippen LogP contribution in [0.25, 0.3) is 0 Å². The van der Waals surface area contributed by atoms with Gasteiger partial charge < -0.3 is 9.84 Å². The zero-order valence-electron chi connectivity index (χ0n) is 15.5. The third-order valence-electron chi connectivity index (χ3n) is 4.90. The monoisotopic (exact) mass is 401 g/mol. The molecule has 7 heteroatoms. The third kappa shape index (κ3) is 3.90. The minimum Gasteiger partial charge on any atom is -0.492 e. The molecule has 0 saturated carbocycles. The molecule has 0 aliphatic carbocycles. The molecule has 1 aromatic heterocycles. The number of ether oxygens (including phenoxy) is 1. The van der Waals surface area contributed by atoms with Gasteiger partial charge in [0.05, 0.1) is 6.20 Å². The fraction of sp³-hybridized carbons (Fsp3) is 0.286. The van der Waals surface area contributed by atoms with E-state index in [4.69, 9.17) is 16.3 Å². The molecule has 3 aromatic rings. The van der Waals surface area contributed by atoms with Gasteiger partial charge in [0.1, 0.15) is 24.3 Å². The van der Waals surface area contributed by atoms with Crippen LogP contribution < -0.4 is 4.74 Å². The van der Waals surface area contributed by atoms with E-state index < -0.39 is 11.9 Å². The maximum Gasteiger partial charge on any atom is 0.130 e. The number of aliphatic hydroxyl groups is 1. The lowest BCUT2D eigenvalue weighted by Gasteiger charge is -2.19. The summed E-state index contributed by atoms with van der Waals surface area (Å²) in [5.74, 6) is 0.258. The van der Waals surface area contributed by atoms with Gasteiger partial charge in [-0.25, -0.2) is 4.39 Å². The van der Waals surface area contributed by atoms with Gasteiger partial charge in [-0.15, -0.1) is 0 Å². The zero-order chi connectivity index (χ0) is 19.7. The van der Waals surface area contributed by atoms with Crippen molar-refractivity contribution >= 4 is 11.6 Å². The average Bonchev–Trinajstić information content (AvgIpc) is 2.96. The van der Waals surface area contributed by atoms with Gasteiger partial charge in [0.25, 0.3) is 0 Å². The fourth-order valence-corrected chi connectivity index (χ4v) is 3.79. The van der Waals surface area contributed by atoms with E-state index in [1.54, 1.807) is 16.8 Å². The van der Waals surface area contributed by atoms with Crippen molar-refractivity contribution in [1.82, 2.24) is 14.7 Å². The minimum absolute atomic E-state index is 0.0888. The smallest absolute Gasteiger partial charge is 0.130 e. The molecule has 28 heavy (non-hydrogen) atoms. The molecule has 1 N–H and O–H groups in total. The van der Waals surface area contributed by atoms with E-state index in [0.29, 0.717) is 18.7 Å². The quantitative estimate of drug-likeness (QED) is 0.724. The molecule has 146 valence electrons. The normalized spacial score (nSPS) is 15.6. The first-order chi connectivity index (χ1) is 13.5. The molecule has 0 unspecified atom stereocenters. The lowest BCUT2D eigenvalue weighted by atomic mass is 9.98. The van der Waals surface area contributed by atoms with E-state index in [0.717, 1.165) is 30.0 Å². The van der Waals surface area contributed by atoms with Gasteiger partial charge in [0, 0.05) is 54.6 Å². The summed E-state index contributed by atoms with van der Waals surface area (Å²) in [6.45, 7) is 2.77. The van der Waals surface area contributed by atoms with E-state index >= 15 is 0 Å². The van der Waals surface area contributed by atoms with Crippen LogP contribution in [0, 0.1) is 5.82 Å². The number of aryl methyl sites for hydroxylation is 1. The van der Waals surface area contributed by atoms with Crippen LogP contribution in [0.4, 0.5) is 4.39 Å². The molecular formula is C21H21ClFN3O2. The van der Waals surface area contributed by atoms with Crippen LogP contribution in [0.1, 0.15) is 28.4 Å². The highest BCUT2D eigenvalue weighted by Gasteiger charge is 2.22. The molecule has 1 aliphatic heterocycles. The average molecular weight is 402 g/mol. The van der Waals surface area contributed by atoms with Gasteiger partial charge in [-0.1, -0.05) is 23.7 Å². The standard InChI is InChI=1S/C21H21ClFN3O2/c1-25-11-14(10-24-25)12-26-7-8-28-19-6-5-15(9-16(19)13-26)21(27)20-17(22)3-2-4-18(20)23/h2-6,9-11,21,27H,7-8,12-13H2,1H3/t21-/m0/s1. The molecule has 1 aliphatic rings. The molecular weight excluding hydrogens is 381 g/mol. The van der Waals surface area contributed by atoms with Crippen LogP contribution in [-0.4, -0.2) is 32.9 Å². The predicted molar refractivity (Wildman–Crippen MR) is 105 cm³/mol. The first-order valence-electron chi connectivity index (χ1n) is 9.09. The van der Waals surface area contributed by atoms with Crippen LogP contribution in [0.5, 0.6) is 5.75 Å². The van der Waals surface area contributed by atoms with E-state index in [1.807, 2.05) is 31.6 Å². The summed E-state index contributed by atoms with van der Waals surface area (Å²) in [6, 6.07) is 9.84. The highest BCUT2D eigenvalue weighted by atomic mass is 35.5. The Morgan fingerprint density at radius 3 is 2.93 bits per heavy atom. The largest absolute Gasteiger partial charge is 0.492 e. The van der Waals surface area contributed by atoms with E-state index in [1.165, 1.54) is 12.1 Å². The van der Waals surface area contributed by atoms with Crippen molar-refractivity contribution in [2.45, 2.75) is 19.2 Å². The Bertz CT molecular complexity index is 971. The maximum absolute atomic E-state index is 14.2. The van der Waals surface area contributed by atoms with Crippen LogP contribution in [-0.2, 0) is 20.1 Å². The van der Waals surface area contributed by atoms with Crippen molar-refractivity contribution in [3.63, 3.8) is 0 Å². The topological polar surface area (TPSA) is 50.5 Å². The summed E-state index contributed by atoms with van der Waals surface area (Å²) >= 11 is 6.12. The van der Waals surface area contributed by atoms with Crippen LogP contribution in [0.15, 0.2) is 48.8 Å². The number of aliphatic hydroxyl groups excluding tert-OH is 1. The second-order valence-corrected chi connectivity index (χ2v) is 7.39. The fourth-order valence-electron chi connectivity index (χ4n) is 3.52. The minimum atomic E-state index is -1.14. The summed E-state index contributed by atoms with van der Waals surface area (Å²) in [6.07, 6.45) is 2.70. The summed E-state index contributed by atoms with van der Waals surface area (Å²) in [7, 11) is 1.89. The molecule has 0 radical (unpaired) electrons. The van der Waals surface area contributed by atoms with Gasteiger partial charge >= 0.3 is 0 Å². The van der Waals surface area contributed by atoms with Crippen molar-refractivity contribution in [2.24, 2.45) is 7.05 Å². The Hall–Kier alpha value is -2.41. The molecule has 1 atom stereocenters. The van der Waals surface area contributed by atoms with Crippen molar-refractivity contribution in [3.8, 4) is 5.75 Å². The van der Waals surface area contributed by atoms with E-state index in [-0.39, 0.29) is 10.6 Å². The molecule has 0 saturated heterocycles. The lowest BCUT2D eigenvalue weighted by molar-refractivity contribution is 0.214. The summed E-state index contributed by atoms with van der Waals surface area (Å²) in [5.41, 5.74) is 2.74. The maximum atomic E-state index is 14.2. The Morgan fingerprint density at radius 2 is 2.18 bits per heavy atom. The van der Waals surface area contributed by atoms with Crippen LogP contribution in [0.3, 0.4) is 0 Å². The molecule has 0 bridgehead atoms. The number of rotatable bonds is 4. The van der Waals surface area contributed by atoms with Crippen LogP contribution in [0.2, 0.25) is 5.02 Å². The zero-order valence-corrected chi connectivity index (χ0v) is 16.2. The number of nitrogens with zero attached hydrogens (tertiary/aromatic N) is 3. The van der Waals surface area contributed by atoms with Crippen molar-refractivity contribution in [3.05, 3.63) is 81.9 Å². The highest BCUT2D eigenvalue weighted by molar-refractivity contribution is 6.31. The van der Waals surface area contributed by atoms with Gasteiger partial charge in [0.2, 0.25) is 0 Å². The number of hydrogen-bond donors (Lipinski definition) is 1. The summed E-state index contributed by atoms with van der Waals surface area (Å²) < 4.78 is 21.9. The predicted octanol–water partition coefficient (Wildman–Crippen LogP) is 3.69. The van der Waals surface area contributed by atoms with Gasteiger partial charge in [-0.2, -0.15) is 5.10 Å². The van der Waals surface area contributed by atoms with Gasteiger partial charge in [-0.05, 0) is 29.8 Å². The number of hydrogen-bond acceptors (Lipinski definition) is 4. The lowest BCUT2D eigenvalue weighted by Crippen LogP contribution is -2.25. The molecule has 0 fully saturated rings. The molecule has 2 aromatic carbocycles. The molecule has 2 heterocycles. The Kier molecular flexibility index (Phi) is 5.35. The molecule has 4 rings (SSSR count). The Morgan fingerprint density at radius 1 is 1.32 bits per heavy atom. The second kappa shape index (κ2) is 7.91. The van der Waals surface area contributed by atoms with Gasteiger partial charge in [-0.3, -0.25) is 9.58 Å². The first kappa shape index (κ1) is 18.9. The third-order valence-corrected chi connectivity index (χ3v) is 5.23. The first-order valence-corrected chi connectivity index (χ1v) is 9.46. The summed E-state index contributed by atoms with van der Waals surface area (Å²) in [4.78, 5) is 2.26. The number of halogens is 2. The van der Waals surface area contributed by atoms with E-state index in [9.17, 15) is 9.50 Å². The molecule has 5 nitrogen and oxygen atoms in total. The Labute approximate surface area is 167 Å². The SMILES string of the molecule is Cn1cc(CN2CCOc3ccc([C@H](O)c4c(F)cccc4Cl)cc3C2)cn1. The number of fused-ring (bicyclic) bond motifs is 1. The van der Waals surface area contributed by atoms with Gasteiger partial charge in [0.15, 0.2) is 0 Å². The number of benzene rings is 2. The van der Waals surface area contributed by atoms with E-state index in [2.05, 4.69) is 10.00 Å².